The van der Waals surface area contributed by atoms with Crippen molar-refractivity contribution in [1.82, 2.24) is 10.2 Å². The summed E-state index contributed by atoms with van der Waals surface area (Å²) in [6, 6.07) is 1.91. The van der Waals surface area contributed by atoms with Gasteiger partial charge in [-0.2, -0.15) is 0 Å². The van der Waals surface area contributed by atoms with Crippen LogP contribution in [0.5, 0.6) is 0 Å². The zero-order chi connectivity index (χ0) is 15.4. The third-order valence-electron chi connectivity index (χ3n) is 5.40. The fourth-order valence-corrected chi connectivity index (χ4v) is 4.59. The van der Waals surface area contributed by atoms with E-state index >= 15 is 0 Å². The SMILES string of the molecule is [B]C1CCCCCC2C(CCC(NC(C)C)N2C(C)C)C1. The molecule has 0 bridgehead atoms. The van der Waals surface area contributed by atoms with Crippen molar-refractivity contribution >= 4 is 7.85 Å². The highest BCUT2D eigenvalue weighted by atomic mass is 15.3. The zero-order valence-electron chi connectivity index (χ0n) is 14.6. The Morgan fingerprint density at radius 2 is 1.67 bits per heavy atom. The van der Waals surface area contributed by atoms with E-state index in [2.05, 4.69) is 37.9 Å². The van der Waals surface area contributed by atoms with E-state index in [0.29, 0.717) is 24.1 Å². The third kappa shape index (κ3) is 4.73. The van der Waals surface area contributed by atoms with Crippen molar-refractivity contribution in [3.05, 3.63) is 0 Å². The summed E-state index contributed by atoms with van der Waals surface area (Å²) >= 11 is 0. The fourth-order valence-electron chi connectivity index (χ4n) is 4.59. The average Bonchev–Trinajstić information content (AvgIpc) is 2.47. The summed E-state index contributed by atoms with van der Waals surface area (Å²) < 4.78 is 0. The van der Waals surface area contributed by atoms with Crippen molar-refractivity contribution < 1.29 is 0 Å². The van der Waals surface area contributed by atoms with Crippen LogP contribution in [0.3, 0.4) is 0 Å². The minimum atomic E-state index is 0.430. The molecule has 2 aliphatic rings. The molecule has 4 atom stereocenters. The van der Waals surface area contributed by atoms with Gasteiger partial charge in [-0.3, -0.25) is 10.2 Å². The van der Waals surface area contributed by atoms with E-state index in [1.807, 2.05) is 0 Å². The van der Waals surface area contributed by atoms with Crippen molar-refractivity contribution in [2.75, 3.05) is 0 Å². The van der Waals surface area contributed by atoms with Crippen LogP contribution in [-0.4, -0.2) is 37.0 Å². The Kier molecular flexibility index (Phi) is 6.62. The van der Waals surface area contributed by atoms with Gasteiger partial charge in [-0.15, -0.1) is 0 Å². The maximum atomic E-state index is 6.38. The second-order valence-corrected chi connectivity index (χ2v) is 7.92. The Morgan fingerprint density at radius 3 is 2.33 bits per heavy atom. The second-order valence-electron chi connectivity index (χ2n) is 7.92. The lowest BCUT2D eigenvalue weighted by atomic mass is 9.72. The van der Waals surface area contributed by atoms with E-state index in [1.165, 1.54) is 51.4 Å². The molecular weight excluding hydrogens is 255 g/mol. The lowest BCUT2D eigenvalue weighted by molar-refractivity contribution is -0.0128. The average molecular weight is 290 g/mol. The first-order chi connectivity index (χ1) is 9.99. The smallest absolute Gasteiger partial charge is 0.0699 e. The van der Waals surface area contributed by atoms with Crippen molar-refractivity contribution in [3.63, 3.8) is 0 Å². The molecule has 120 valence electrons. The number of hydrogen-bond donors (Lipinski definition) is 1. The zero-order valence-corrected chi connectivity index (χ0v) is 14.6. The van der Waals surface area contributed by atoms with Gasteiger partial charge in [0.1, 0.15) is 0 Å². The van der Waals surface area contributed by atoms with Gasteiger partial charge in [0.25, 0.3) is 0 Å². The minimum absolute atomic E-state index is 0.430. The van der Waals surface area contributed by atoms with Crippen LogP contribution >= 0.6 is 0 Å². The van der Waals surface area contributed by atoms with E-state index in [9.17, 15) is 0 Å². The fraction of sp³-hybridized carbons (Fsp3) is 1.00. The molecule has 0 aromatic heterocycles. The van der Waals surface area contributed by atoms with Crippen LogP contribution in [0.15, 0.2) is 0 Å². The van der Waals surface area contributed by atoms with Crippen LogP contribution < -0.4 is 5.32 Å². The molecule has 2 rings (SSSR count). The van der Waals surface area contributed by atoms with E-state index in [-0.39, 0.29) is 0 Å². The molecule has 3 heteroatoms. The lowest BCUT2D eigenvalue weighted by Crippen LogP contribution is -2.60. The quantitative estimate of drug-likeness (QED) is 0.787. The van der Waals surface area contributed by atoms with Crippen molar-refractivity contribution in [1.29, 1.82) is 0 Å². The number of nitrogens with zero attached hydrogens (tertiary/aromatic N) is 1. The molecule has 1 saturated heterocycles. The maximum absolute atomic E-state index is 6.38. The van der Waals surface area contributed by atoms with Gasteiger partial charge in [0, 0.05) is 18.1 Å². The summed E-state index contributed by atoms with van der Waals surface area (Å²) in [6.45, 7) is 9.27. The molecule has 1 heterocycles. The molecule has 1 saturated carbocycles. The van der Waals surface area contributed by atoms with Crippen LogP contribution in [0, 0.1) is 5.92 Å². The summed E-state index contributed by atoms with van der Waals surface area (Å²) in [5.74, 6) is 1.24. The van der Waals surface area contributed by atoms with Gasteiger partial charge < -0.3 is 0 Å². The topological polar surface area (TPSA) is 15.3 Å². The summed E-state index contributed by atoms with van der Waals surface area (Å²) in [4.78, 5) is 2.78. The van der Waals surface area contributed by atoms with Gasteiger partial charge >= 0.3 is 0 Å². The molecule has 4 unspecified atom stereocenters. The summed E-state index contributed by atoms with van der Waals surface area (Å²) in [5.41, 5.74) is 0. The Labute approximate surface area is 133 Å². The summed E-state index contributed by atoms with van der Waals surface area (Å²) in [7, 11) is 6.38. The van der Waals surface area contributed by atoms with Crippen molar-refractivity contribution in [2.45, 2.75) is 109 Å². The molecule has 0 aromatic carbocycles. The highest BCUT2D eigenvalue weighted by Crippen LogP contribution is 2.38. The lowest BCUT2D eigenvalue weighted by Gasteiger charge is -2.50. The molecular formula is C18H35BN2. The predicted molar refractivity (Wildman–Crippen MR) is 92.8 cm³/mol. The normalized spacial score (nSPS) is 36.1. The van der Waals surface area contributed by atoms with E-state index < -0.39 is 0 Å². The van der Waals surface area contributed by atoms with Gasteiger partial charge in [0.05, 0.1) is 14.0 Å². The molecule has 21 heavy (non-hydrogen) atoms. The van der Waals surface area contributed by atoms with Crippen LogP contribution in [-0.2, 0) is 0 Å². The van der Waals surface area contributed by atoms with Crippen molar-refractivity contribution in [2.24, 2.45) is 5.92 Å². The van der Waals surface area contributed by atoms with Crippen LogP contribution in [0.2, 0.25) is 5.82 Å². The highest BCUT2D eigenvalue weighted by Gasteiger charge is 2.38. The third-order valence-corrected chi connectivity index (χ3v) is 5.40. The standard InChI is InChI=1S/C18H35BN2/c1-13(2)20-18-11-10-15-12-16(19)8-6-5-7-9-17(15)21(18)14(3)4/h13-18,20H,5-12H2,1-4H3. The molecule has 0 amide bonds. The maximum Gasteiger partial charge on any atom is 0.0699 e. The minimum Gasteiger partial charge on any atom is -0.299 e. The van der Waals surface area contributed by atoms with Gasteiger partial charge in [-0.1, -0.05) is 37.9 Å². The Bertz CT molecular complexity index is 306. The molecule has 0 spiro atoms. The van der Waals surface area contributed by atoms with Gasteiger partial charge in [0.2, 0.25) is 0 Å². The molecule has 2 nitrogen and oxygen atoms in total. The molecule has 1 aliphatic heterocycles. The van der Waals surface area contributed by atoms with Gasteiger partial charge in [0.15, 0.2) is 0 Å². The first kappa shape index (κ1) is 17.3. The predicted octanol–water partition coefficient (Wildman–Crippen LogP) is 4.11. The Morgan fingerprint density at radius 1 is 0.952 bits per heavy atom. The molecule has 2 radical (unpaired) electrons. The second kappa shape index (κ2) is 8.01. The Hall–Kier alpha value is -0.0151. The van der Waals surface area contributed by atoms with Crippen LogP contribution in [0.25, 0.3) is 0 Å². The van der Waals surface area contributed by atoms with Crippen LogP contribution in [0.1, 0.15) is 79.1 Å². The largest absolute Gasteiger partial charge is 0.299 e. The number of fused-ring (bicyclic) bond motifs is 1. The number of hydrogen-bond acceptors (Lipinski definition) is 2. The Balaban J connectivity index is 2.14. The number of piperidine rings is 1. The molecule has 2 fully saturated rings. The molecule has 1 aliphatic carbocycles. The van der Waals surface area contributed by atoms with E-state index in [0.717, 1.165) is 12.0 Å². The molecule has 0 aromatic rings. The monoisotopic (exact) mass is 290 g/mol. The van der Waals surface area contributed by atoms with Crippen molar-refractivity contribution in [3.8, 4) is 0 Å². The highest BCUT2D eigenvalue weighted by molar-refractivity contribution is 6.11. The summed E-state index contributed by atoms with van der Waals surface area (Å²) in [5, 5.41) is 3.80. The summed E-state index contributed by atoms with van der Waals surface area (Å²) in [6.07, 6.45) is 11.1. The van der Waals surface area contributed by atoms with Gasteiger partial charge in [-0.05, 0) is 52.9 Å². The first-order valence-corrected chi connectivity index (χ1v) is 9.28. The number of rotatable bonds is 3. The number of nitrogens with one attached hydrogen (secondary N) is 1. The van der Waals surface area contributed by atoms with E-state index in [4.69, 9.17) is 7.85 Å². The van der Waals surface area contributed by atoms with E-state index in [1.54, 1.807) is 0 Å². The van der Waals surface area contributed by atoms with Crippen LogP contribution in [0.4, 0.5) is 0 Å². The first-order valence-electron chi connectivity index (χ1n) is 9.28. The number of likely N-dealkylation sites (tertiary alicyclic amines) is 1. The van der Waals surface area contributed by atoms with Gasteiger partial charge in [-0.25, -0.2) is 0 Å². The molecule has 1 N–H and O–H groups in total.